The number of nitro benzene ring substituents is 1. The smallest absolute Gasteiger partial charge is 0.386 e. The molecule has 0 amide bonds. The predicted molar refractivity (Wildman–Crippen MR) is 68.0 cm³/mol. The molecule has 21 heavy (non-hydrogen) atoms. The van der Waals surface area contributed by atoms with Crippen LogP contribution in [0.25, 0.3) is 0 Å². The van der Waals surface area contributed by atoms with E-state index in [1.54, 1.807) is 4.90 Å². The minimum Gasteiger partial charge on any atom is -0.386 e. The molecule has 3 rings (SSSR count). The zero-order valence-electron chi connectivity index (χ0n) is 10.9. The molecule has 0 aromatic heterocycles. The second-order valence-electron chi connectivity index (χ2n) is 5.69. The summed E-state index contributed by atoms with van der Waals surface area (Å²) in [7, 11) is 0. The summed E-state index contributed by atoms with van der Waals surface area (Å²) in [4.78, 5) is 11.3. The van der Waals surface area contributed by atoms with Crippen LogP contribution in [0.2, 0.25) is 0 Å². The lowest BCUT2D eigenvalue weighted by atomic mass is 9.88. The number of β-amino-alcohol motifs (C(OH)–C–C–N with tert-alkyl or cyclic N) is 1. The summed E-state index contributed by atoms with van der Waals surface area (Å²) in [6.07, 6.45) is -2.90. The van der Waals surface area contributed by atoms with Gasteiger partial charge in [0, 0.05) is 24.8 Å². The number of nitro groups is 1. The van der Waals surface area contributed by atoms with Crippen LogP contribution in [-0.2, 0) is 6.18 Å². The van der Waals surface area contributed by atoms with E-state index in [9.17, 15) is 28.4 Å². The molecule has 1 saturated heterocycles. The highest BCUT2D eigenvalue weighted by molar-refractivity contribution is 5.59. The van der Waals surface area contributed by atoms with Gasteiger partial charge >= 0.3 is 6.18 Å². The van der Waals surface area contributed by atoms with E-state index in [1.165, 1.54) is 6.07 Å². The number of anilines is 1. The second kappa shape index (κ2) is 4.33. The van der Waals surface area contributed by atoms with Gasteiger partial charge in [0.05, 0.1) is 4.92 Å². The molecule has 8 heteroatoms. The Hall–Kier alpha value is -1.83. The number of hydrogen-bond acceptors (Lipinski definition) is 4. The summed E-state index contributed by atoms with van der Waals surface area (Å²) in [5, 5.41) is 20.9. The number of aliphatic hydroxyl groups is 1. The van der Waals surface area contributed by atoms with Gasteiger partial charge in [-0.25, -0.2) is 0 Å². The zero-order valence-corrected chi connectivity index (χ0v) is 10.9. The number of rotatable bonds is 3. The lowest BCUT2D eigenvalue weighted by Crippen LogP contribution is -2.63. The average molecular weight is 302 g/mol. The molecular formula is C13H13F3N2O3. The Kier molecular flexibility index (Phi) is 2.91. The number of alkyl halides is 3. The van der Waals surface area contributed by atoms with Crippen LogP contribution in [0.3, 0.4) is 0 Å². The van der Waals surface area contributed by atoms with Gasteiger partial charge in [-0.3, -0.25) is 10.1 Å². The standard InChI is InChI=1S/C13H13F3N2O3/c14-13(15,16)10-5-9(3-4-11(10)18(20)21)17-6-12(19,7-17)8-1-2-8/h3-5,8,19H,1-2,6-7H2. The Morgan fingerprint density at radius 1 is 1.33 bits per heavy atom. The van der Waals surface area contributed by atoms with Gasteiger partial charge < -0.3 is 10.0 Å². The van der Waals surface area contributed by atoms with Crippen LogP contribution in [-0.4, -0.2) is 28.7 Å². The maximum absolute atomic E-state index is 12.9. The van der Waals surface area contributed by atoms with Crippen molar-refractivity contribution in [2.75, 3.05) is 18.0 Å². The zero-order chi connectivity index (χ0) is 15.4. The summed E-state index contributed by atoms with van der Waals surface area (Å²) in [6.45, 7) is 0.541. The van der Waals surface area contributed by atoms with Gasteiger partial charge in [-0.1, -0.05) is 0 Å². The van der Waals surface area contributed by atoms with E-state index in [0.717, 1.165) is 25.0 Å². The Morgan fingerprint density at radius 3 is 2.43 bits per heavy atom. The first-order valence-corrected chi connectivity index (χ1v) is 6.54. The van der Waals surface area contributed by atoms with Gasteiger partial charge in [0.1, 0.15) is 11.2 Å². The highest BCUT2D eigenvalue weighted by Gasteiger charge is 2.52. The van der Waals surface area contributed by atoms with Crippen LogP contribution in [0, 0.1) is 16.0 Å². The SMILES string of the molecule is O=[N+]([O-])c1ccc(N2CC(O)(C3CC3)C2)cc1C(F)(F)F. The molecule has 1 saturated carbocycles. The molecule has 2 fully saturated rings. The molecular weight excluding hydrogens is 289 g/mol. The van der Waals surface area contributed by atoms with E-state index in [4.69, 9.17) is 0 Å². The fourth-order valence-electron chi connectivity index (χ4n) is 2.78. The average Bonchev–Trinajstić information content (AvgIpc) is 3.17. The maximum atomic E-state index is 12.9. The summed E-state index contributed by atoms with van der Waals surface area (Å²) in [5.41, 5.74) is -2.78. The Labute approximate surface area is 118 Å². The third kappa shape index (κ3) is 2.44. The van der Waals surface area contributed by atoms with Gasteiger partial charge in [0.15, 0.2) is 0 Å². The Morgan fingerprint density at radius 2 is 1.95 bits per heavy atom. The lowest BCUT2D eigenvalue weighted by Gasteiger charge is -2.48. The number of benzene rings is 1. The number of nitrogens with zero attached hydrogens (tertiary/aromatic N) is 2. The van der Waals surface area contributed by atoms with Crippen LogP contribution in [0.15, 0.2) is 18.2 Å². The minimum atomic E-state index is -4.78. The van der Waals surface area contributed by atoms with E-state index < -0.39 is 28.0 Å². The van der Waals surface area contributed by atoms with Crippen molar-refractivity contribution in [1.29, 1.82) is 0 Å². The summed E-state index contributed by atoms with van der Waals surface area (Å²) in [5.74, 6) is 0.230. The van der Waals surface area contributed by atoms with E-state index in [0.29, 0.717) is 0 Å². The fraction of sp³-hybridized carbons (Fsp3) is 0.538. The number of halogens is 3. The molecule has 0 spiro atoms. The van der Waals surface area contributed by atoms with Gasteiger partial charge in [-0.05, 0) is 30.9 Å². The van der Waals surface area contributed by atoms with Gasteiger partial charge in [-0.2, -0.15) is 13.2 Å². The molecule has 1 aliphatic carbocycles. The highest BCUT2D eigenvalue weighted by atomic mass is 19.4. The maximum Gasteiger partial charge on any atom is 0.423 e. The molecule has 114 valence electrons. The molecule has 1 heterocycles. The number of hydrogen-bond donors (Lipinski definition) is 1. The molecule has 5 nitrogen and oxygen atoms in total. The molecule has 0 atom stereocenters. The third-order valence-electron chi connectivity index (χ3n) is 4.11. The monoisotopic (exact) mass is 302 g/mol. The van der Waals surface area contributed by atoms with Crippen molar-refractivity contribution >= 4 is 11.4 Å². The molecule has 2 aliphatic rings. The molecule has 0 radical (unpaired) electrons. The molecule has 1 aliphatic heterocycles. The fourth-order valence-corrected chi connectivity index (χ4v) is 2.78. The first-order chi connectivity index (χ1) is 9.71. The van der Waals surface area contributed by atoms with Gasteiger partial charge in [0.2, 0.25) is 0 Å². The van der Waals surface area contributed by atoms with E-state index >= 15 is 0 Å². The minimum absolute atomic E-state index is 0.230. The molecule has 1 aromatic carbocycles. The van der Waals surface area contributed by atoms with Crippen molar-refractivity contribution in [3.63, 3.8) is 0 Å². The van der Waals surface area contributed by atoms with Crippen LogP contribution in [0.4, 0.5) is 24.5 Å². The van der Waals surface area contributed by atoms with Crippen molar-refractivity contribution in [3.8, 4) is 0 Å². The Balaban J connectivity index is 1.86. The van der Waals surface area contributed by atoms with Crippen molar-refractivity contribution < 1.29 is 23.2 Å². The summed E-state index contributed by atoms with van der Waals surface area (Å²) >= 11 is 0. The van der Waals surface area contributed by atoms with Crippen molar-refractivity contribution in [1.82, 2.24) is 0 Å². The van der Waals surface area contributed by atoms with Crippen LogP contribution in [0.1, 0.15) is 18.4 Å². The summed E-state index contributed by atoms with van der Waals surface area (Å²) < 4.78 is 38.7. The largest absolute Gasteiger partial charge is 0.423 e. The van der Waals surface area contributed by atoms with E-state index in [1.807, 2.05) is 0 Å². The lowest BCUT2D eigenvalue weighted by molar-refractivity contribution is -0.388. The first kappa shape index (κ1) is 14.1. The quantitative estimate of drug-likeness (QED) is 0.688. The van der Waals surface area contributed by atoms with Crippen LogP contribution >= 0.6 is 0 Å². The van der Waals surface area contributed by atoms with E-state index in [-0.39, 0.29) is 24.7 Å². The van der Waals surface area contributed by atoms with Crippen LogP contribution in [0.5, 0.6) is 0 Å². The second-order valence-corrected chi connectivity index (χ2v) is 5.69. The first-order valence-electron chi connectivity index (χ1n) is 6.54. The predicted octanol–water partition coefficient (Wildman–Crippen LogP) is 2.57. The topological polar surface area (TPSA) is 66.6 Å². The van der Waals surface area contributed by atoms with E-state index in [2.05, 4.69) is 0 Å². The third-order valence-corrected chi connectivity index (χ3v) is 4.11. The molecule has 1 aromatic rings. The Bertz CT molecular complexity index is 593. The normalized spacial score (nSPS) is 21.0. The van der Waals surface area contributed by atoms with Crippen molar-refractivity contribution in [3.05, 3.63) is 33.9 Å². The molecule has 0 bridgehead atoms. The highest BCUT2D eigenvalue weighted by Crippen LogP contribution is 2.46. The summed E-state index contributed by atoms with van der Waals surface area (Å²) in [6, 6.07) is 2.94. The van der Waals surface area contributed by atoms with Crippen molar-refractivity contribution in [2.45, 2.75) is 24.6 Å². The van der Waals surface area contributed by atoms with Crippen LogP contribution < -0.4 is 4.90 Å². The van der Waals surface area contributed by atoms with Gasteiger partial charge in [0.25, 0.3) is 5.69 Å². The molecule has 1 N–H and O–H groups in total. The molecule has 0 unspecified atom stereocenters. The van der Waals surface area contributed by atoms with Gasteiger partial charge in [-0.15, -0.1) is 0 Å². The van der Waals surface area contributed by atoms with Crippen molar-refractivity contribution in [2.24, 2.45) is 5.92 Å².